The summed E-state index contributed by atoms with van der Waals surface area (Å²) in [5.74, 6) is 0.0723. The van der Waals surface area contributed by atoms with E-state index in [9.17, 15) is 9.59 Å². The molecule has 1 aliphatic heterocycles. The molecule has 138 valence electrons. The number of carboxylic acids is 1. The molecule has 1 aromatic carbocycles. The van der Waals surface area contributed by atoms with Gasteiger partial charge in [-0.2, -0.15) is 5.10 Å². The Balaban J connectivity index is 1.55. The van der Waals surface area contributed by atoms with Crippen LogP contribution in [0.15, 0.2) is 36.7 Å². The second-order valence-electron chi connectivity index (χ2n) is 6.53. The predicted octanol–water partition coefficient (Wildman–Crippen LogP) is 1.37. The Kier molecular flexibility index (Phi) is 5.83. The SMILES string of the molecule is O=C(O)CCC(Cc1ccccc1)NC(=O)NC1CCc2ncnn2C1. The van der Waals surface area contributed by atoms with Gasteiger partial charge in [-0.3, -0.25) is 4.79 Å². The highest BCUT2D eigenvalue weighted by Crippen LogP contribution is 2.12. The number of carbonyl (C=O) groups excluding carboxylic acids is 1. The fourth-order valence-electron chi connectivity index (χ4n) is 3.19. The summed E-state index contributed by atoms with van der Waals surface area (Å²) in [4.78, 5) is 27.5. The van der Waals surface area contributed by atoms with Gasteiger partial charge in [0, 0.05) is 18.9 Å². The first-order valence-corrected chi connectivity index (χ1v) is 8.79. The molecular weight excluding hydrogens is 334 g/mol. The minimum Gasteiger partial charge on any atom is -0.481 e. The van der Waals surface area contributed by atoms with Crippen LogP contribution < -0.4 is 10.6 Å². The highest BCUT2D eigenvalue weighted by atomic mass is 16.4. The zero-order chi connectivity index (χ0) is 18.4. The zero-order valence-electron chi connectivity index (χ0n) is 14.5. The zero-order valence-corrected chi connectivity index (χ0v) is 14.5. The summed E-state index contributed by atoms with van der Waals surface area (Å²) in [5.41, 5.74) is 1.06. The average Bonchev–Trinajstić information content (AvgIpc) is 3.08. The molecule has 2 amide bonds. The van der Waals surface area contributed by atoms with Gasteiger partial charge >= 0.3 is 12.0 Å². The molecule has 0 bridgehead atoms. The fraction of sp³-hybridized carbons (Fsp3) is 0.444. The van der Waals surface area contributed by atoms with E-state index in [1.807, 2.05) is 30.3 Å². The second-order valence-corrected chi connectivity index (χ2v) is 6.53. The molecular formula is C18H23N5O3. The Morgan fingerprint density at radius 3 is 2.88 bits per heavy atom. The lowest BCUT2D eigenvalue weighted by molar-refractivity contribution is -0.137. The molecule has 0 aliphatic carbocycles. The summed E-state index contributed by atoms with van der Waals surface area (Å²) in [7, 11) is 0. The number of aryl methyl sites for hydroxylation is 1. The number of carbonyl (C=O) groups is 2. The monoisotopic (exact) mass is 357 g/mol. The van der Waals surface area contributed by atoms with Crippen molar-refractivity contribution in [1.82, 2.24) is 25.4 Å². The third-order valence-electron chi connectivity index (χ3n) is 4.51. The van der Waals surface area contributed by atoms with E-state index >= 15 is 0 Å². The van der Waals surface area contributed by atoms with Crippen molar-refractivity contribution in [3.05, 3.63) is 48.0 Å². The Morgan fingerprint density at radius 2 is 2.12 bits per heavy atom. The van der Waals surface area contributed by atoms with E-state index in [-0.39, 0.29) is 24.5 Å². The Morgan fingerprint density at radius 1 is 1.31 bits per heavy atom. The molecule has 3 N–H and O–H groups in total. The largest absolute Gasteiger partial charge is 0.481 e. The molecule has 2 heterocycles. The number of carboxylic acid groups (broad SMARTS) is 1. The van der Waals surface area contributed by atoms with Crippen molar-refractivity contribution in [2.45, 2.75) is 50.7 Å². The number of hydrogen-bond donors (Lipinski definition) is 3. The molecule has 0 spiro atoms. The van der Waals surface area contributed by atoms with Gasteiger partial charge in [0.1, 0.15) is 12.2 Å². The summed E-state index contributed by atoms with van der Waals surface area (Å²) in [5, 5.41) is 19.0. The third kappa shape index (κ3) is 5.05. The normalized spacial score (nSPS) is 17.2. The fourth-order valence-corrected chi connectivity index (χ4v) is 3.19. The summed E-state index contributed by atoms with van der Waals surface area (Å²) in [6, 6.07) is 9.21. The van der Waals surface area contributed by atoms with Gasteiger partial charge < -0.3 is 15.7 Å². The number of nitrogens with zero attached hydrogens (tertiary/aromatic N) is 3. The van der Waals surface area contributed by atoms with Crippen LogP contribution in [0.3, 0.4) is 0 Å². The van der Waals surface area contributed by atoms with E-state index in [0.717, 1.165) is 24.2 Å². The number of benzene rings is 1. The van der Waals surface area contributed by atoms with E-state index in [4.69, 9.17) is 5.11 Å². The van der Waals surface area contributed by atoms with E-state index in [1.54, 1.807) is 4.68 Å². The molecule has 0 saturated carbocycles. The highest BCUT2D eigenvalue weighted by molar-refractivity contribution is 5.74. The molecule has 1 aliphatic rings. The minimum absolute atomic E-state index is 0.0129. The van der Waals surface area contributed by atoms with Crippen LogP contribution >= 0.6 is 0 Å². The van der Waals surface area contributed by atoms with Gasteiger partial charge in [-0.05, 0) is 24.8 Å². The summed E-state index contributed by atoms with van der Waals surface area (Å²) >= 11 is 0. The van der Waals surface area contributed by atoms with Crippen molar-refractivity contribution < 1.29 is 14.7 Å². The van der Waals surface area contributed by atoms with Crippen LogP contribution in [0.1, 0.15) is 30.7 Å². The molecule has 8 heteroatoms. The number of hydrogen-bond acceptors (Lipinski definition) is 4. The smallest absolute Gasteiger partial charge is 0.315 e. The van der Waals surface area contributed by atoms with Gasteiger partial charge in [-0.15, -0.1) is 0 Å². The van der Waals surface area contributed by atoms with Gasteiger partial charge in [0.15, 0.2) is 0 Å². The maximum absolute atomic E-state index is 12.4. The molecule has 0 radical (unpaired) electrons. The standard InChI is InChI=1S/C18H23N5O3/c24-17(25)9-7-14(10-13-4-2-1-3-5-13)21-18(26)22-15-6-8-16-19-12-20-23(16)11-15/h1-5,12,14-15H,6-11H2,(H,24,25)(H2,21,22,26). The van der Waals surface area contributed by atoms with Gasteiger partial charge in [0.2, 0.25) is 0 Å². The molecule has 2 atom stereocenters. The van der Waals surface area contributed by atoms with E-state index in [0.29, 0.717) is 19.4 Å². The molecule has 8 nitrogen and oxygen atoms in total. The number of nitrogens with one attached hydrogen (secondary N) is 2. The number of urea groups is 1. The number of aromatic nitrogens is 3. The number of rotatable bonds is 7. The van der Waals surface area contributed by atoms with E-state index < -0.39 is 5.97 Å². The lowest BCUT2D eigenvalue weighted by atomic mass is 10.0. The van der Waals surface area contributed by atoms with Crippen LogP contribution in [0.2, 0.25) is 0 Å². The number of aliphatic carboxylic acids is 1. The quantitative estimate of drug-likeness (QED) is 0.693. The van der Waals surface area contributed by atoms with E-state index in [1.165, 1.54) is 6.33 Å². The van der Waals surface area contributed by atoms with Crippen molar-refractivity contribution in [2.24, 2.45) is 0 Å². The van der Waals surface area contributed by atoms with Crippen LogP contribution in [-0.2, 0) is 24.2 Å². The number of fused-ring (bicyclic) bond motifs is 1. The molecule has 26 heavy (non-hydrogen) atoms. The Labute approximate surface area is 151 Å². The van der Waals surface area contributed by atoms with E-state index in [2.05, 4.69) is 20.7 Å². The molecule has 2 unspecified atom stereocenters. The Hall–Kier alpha value is -2.90. The maximum Gasteiger partial charge on any atom is 0.315 e. The third-order valence-corrected chi connectivity index (χ3v) is 4.51. The highest BCUT2D eigenvalue weighted by Gasteiger charge is 2.22. The summed E-state index contributed by atoms with van der Waals surface area (Å²) < 4.78 is 1.81. The van der Waals surface area contributed by atoms with Crippen molar-refractivity contribution in [3.8, 4) is 0 Å². The van der Waals surface area contributed by atoms with Crippen molar-refractivity contribution in [1.29, 1.82) is 0 Å². The van der Waals surface area contributed by atoms with Gasteiger partial charge in [0.25, 0.3) is 0 Å². The van der Waals surface area contributed by atoms with Crippen molar-refractivity contribution >= 4 is 12.0 Å². The first kappa shape index (κ1) is 17.9. The minimum atomic E-state index is -0.865. The van der Waals surface area contributed by atoms with Crippen molar-refractivity contribution in [2.75, 3.05) is 0 Å². The lowest BCUT2D eigenvalue weighted by Gasteiger charge is -2.25. The average molecular weight is 357 g/mol. The summed E-state index contributed by atoms with van der Waals surface area (Å²) in [6.07, 6.45) is 4.11. The van der Waals surface area contributed by atoms with Crippen LogP contribution in [0.4, 0.5) is 4.79 Å². The Bertz CT molecular complexity index is 746. The van der Waals surface area contributed by atoms with Crippen LogP contribution in [-0.4, -0.2) is 44.0 Å². The first-order chi connectivity index (χ1) is 12.6. The van der Waals surface area contributed by atoms with Gasteiger partial charge in [-0.1, -0.05) is 30.3 Å². The summed E-state index contributed by atoms with van der Waals surface area (Å²) in [6.45, 7) is 0.598. The van der Waals surface area contributed by atoms with Crippen LogP contribution in [0, 0.1) is 0 Å². The molecule has 3 rings (SSSR count). The molecule has 0 saturated heterocycles. The lowest BCUT2D eigenvalue weighted by Crippen LogP contribution is -2.49. The van der Waals surface area contributed by atoms with Crippen molar-refractivity contribution in [3.63, 3.8) is 0 Å². The molecule has 2 aromatic rings. The maximum atomic E-state index is 12.4. The van der Waals surface area contributed by atoms with Crippen LogP contribution in [0.25, 0.3) is 0 Å². The molecule has 1 aromatic heterocycles. The second kappa shape index (κ2) is 8.46. The first-order valence-electron chi connectivity index (χ1n) is 8.79. The topological polar surface area (TPSA) is 109 Å². The molecule has 0 fully saturated rings. The van der Waals surface area contributed by atoms with Gasteiger partial charge in [-0.25, -0.2) is 14.5 Å². The number of amides is 2. The van der Waals surface area contributed by atoms with Crippen LogP contribution in [0.5, 0.6) is 0 Å². The van der Waals surface area contributed by atoms with Gasteiger partial charge in [0.05, 0.1) is 12.6 Å². The predicted molar refractivity (Wildman–Crippen MR) is 94.6 cm³/mol.